The molecule has 0 saturated heterocycles. The molecule has 0 aliphatic heterocycles. The predicted octanol–water partition coefficient (Wildman–Crippen LogP) is 2.92. The highest BCUT2D eigenvalue weighted by molar-refractivity contribution is 9.10. The van der Waals surface area contributed by atoms with E-state index in [4.69, 9.17) is 4.74 Å². The molecule has 0 atom stereocenters. The summed E-state index contributed by atoms with van der Waals surface area (Å²) in [4.78, 5) is 3.67. The molecule has 0 amide bonds. The van der Waals surface area contributed by atoms with Gasteiger partial charge in [-0.05, 0) is 37.9 Å². The molecule has 0 aliphatic rings. The van der Waals surface area contributed by atoms with Crippen LogP contribution in [0.25, 0.3) is 0 Å². The number of hydrogen-bond acceptors (Lipinski definition) is 5. The minimum Gasteiger partial charge on any atom is -0.361 e. The van der Waals surface area contributed by atoms with Crippen LogP contribution in [0.3, 0.4) is 0 Å². The van der Waals surface area contributed by atoms with Gasteiger partial charge >= 0.3 is 0 Å². The molecule has 0 fully saturated rings. The lowest BCUT2D eigenvalue weighted by atomic mass is 10.8. The van der Waals surface area contributed by atoms with Crippen molar-refractivity contribution in [1.29, 1.82) is 0 Å². The van der Waals surface area contributed by atoms with Crippen molar-refractivity contribution < 1.29 is 4.74 Å². The highest BCUT2D eigenvalue weighted by atomic mass is 79.9. The summed E-state index contributed by atoms with van der Waals surface area (Å²) < 4.78 is 8.73. The van der Waals surface area contributed by atoms with E-state index in [1.165, 1.54) is 12.4 Å². The SMILES string of the molecule is Brc1ncn[nH]1.C[Si](C)(C)CCOCn1cnnc1Br. The minimum absolute atomic E-state index is 0.526. The van der Waals surface area contributed by atoms with Crippen molar-refractivity contribution in [2.75, 3.05) is 6.61 Å². The molecule has 2 rings (SSSR count). The maximum absolute atomic E-state index is 5.52. The molecule has 0 saturated carbocycles. The van der Waals surface area contributed by atoms with E-state index in [9.17, 15) is 0 Å². The summed E-state index contributed by atoms with van der Waals surface area (Å²) in [6.07, 6.45) is 3.09. The van der Waals surface area contributed by atoms with Crippen molar-refractivity contribution in [3.05, 3.63) is 22.1 Å². The summed E-state index contributed by atoms with van der Waals surface area (Å²) in [7, 11) is -0.970. The largest absolute Gasteiger partial charge is 0.361 e. The van der Waals surface area contributed by atoms with Crippen molar-refractivity contribution >= 4 is 39.9 Å². The summed E-state index contributed by atoms with van der Waals surface area (Å²) in [6, 6.07) is 1.19. The van der Waals surface area contributed by atoms with Gasteiger partial charge in [-0.25, -0.2) is 4.98 Å². The third kappa shape index (κ3) is 7.87. The Kier molecular flexibility index (Phi) is 7.55. The van der Waals surface area contributed by atoms with Gasteiger partial charge in [0.15, 0.2) is 4.73 Å². The zero-order chi connectivity index (χ0) is 15.0. The number of ether oxygens (including phenoxy) is 1. The third-order valence-electron chi connectivity index (χ3n) is 2.18. The van der Waals surface area contributed by atoms with Crippen LogP contribution in [0, 0.1) is 0 Å². The van der Waals surface area contributed by atoms with Crippen molar-refractivity contribution in [2.45, 2.75) is 32.4 Å². The minimum atomic E-state index is -0.970. The normalized spacial score (nSPS) is 11.1. The van der Waals surface area contributed by atoms with Crippen LogP contribution >= 0.6 is 31.9 Å². The molecule has 2 aromatic heterocycles. The van der Waals surface area contributed by atoms with Gasteiger partial charge in [-0.3, -0.25) is 9.67 Å². The van der Waals surface area contributed by atoms with E-state index in [2.05, 4.69) is 76.9 Å². The predicted molar refractivity (Wildman–Crippen MR) is 85.9 cm³/mol. The lowest BCUT2D eigenvalue weighted by Gasteiger charge is -2.15. The lowest BCUT2D eigenvalue weighted by Crippen LogP contribution is -2.22. The van der Waals surface area contributed by atoms with Gasteiger partial charge in [-0.15, -0.1) is 10.2 Å². The van der Waals surface area contributed by atoms with Gasteiger partial charge in [-0.1, -0.05) is 19.6 Å². The zero-order valence-electron chi connectivity index (χ0n) is 11.7. The molecule has 0 aliphatic carbocycles. The topological polar surface area (TPSA) is 81.5 Å². The molecule has 2 aromatic rings. The van der Waals surface area contributed by atoms with Gasteiger partial charge in [-0.2, -0.15) is 5.10 Å². The average Bonchev–Trinajstić information content (AvgIpc) is 2.96. The van der Waals surface area contributed by atoms with Crippen LogP contribution < -0.4 is 0 Å². The highest BCUT2D eigenvalue weighted by Crippen LogP contribution is 2.09. The Morgan fingerprint density at radius 3 is 2.50 bits per heavy atom. The van der Waals surface area contributed by atoms with Crippen molar-refractivity contribution in [3.8, 4) is 0 Å². The number of aromatic amines is 1. The summed E-state index contributed by atoms with van der Waals surface area (Å²) >= 11 is 6.33. The average molecular weight is 426 g/mol. The maximum atomic E-state index is 5.52. The fraction of sp³-hybridized carbons (Fsp3) is 0.600. The molecule has 20 heavy (non-hydrogen) atoms. The summed E-state index contributed by atoms with van der Waals surface area (Å²) in [6.45, 7) is 8.36. The van der Waals surface area contributed by atoms with Gasteiger partial charge in [0.05, 0.1) is 0 Å². The summed E-state index contributed by atoms with van der Waals surface area (Å²) in [5.41, 5.74) is 0. The quantitative estimate of drug-likeness (QED) is 0.588. The van der Waals surface area contributed by atoms with Crippen LogP contribution in [-0.4, -0.2) is 44.6 Å². The van der Waals surface area contributed by atoms with E-state index in [1.807, 2.05) is 4.57 Å². The second-order valence-electron chi connectivity index (χ2n) is 5.19. The lowest BCUT2D eigenvalue weighted by molar-refractivity contribution is 0.0854. The molecular formula is C10H18Br2N6OSi. The van der Waals surface area contributed by atoms with Crippen LogP contribution in [0.1, 0.15) is 0 Å². The van der Waals surface area contributed by atoms with E-state index in [1.54, 1.807) is 6.33 Å². The second-order valence-corrected chi connectivity index (χ2v) is 12.3. The molecule has 1 N–H and O–H groups in total. The fourth-order valence-corrected chi connectivity index (χ4v) is 2.30. The number of H-pyrrole nitrogens is 1. The van der Waals surface area contributed by atoms with Crippen LogP contribution in [0.4, 0.5) is 0 Å². The Morgan fingerprint density at radius 1 is 1.35 bits per heavy atom. The van der Waals surface area contributed by atoms with E-state index < -0.39 is 8.07 Å². The first-order valence-electron chi connectivity index (χ1n) is 6.00. The Bertz CT molecular complexity index is 484. The first kappa shape index (κ1) is 17.5. The molecular weight excluding hydrogens is 408 g/mol. The van der Waals surface area contributed by atoms with Crippen molar-refractivity contribution in [3.63, 3.8) is 0 Å². The number of halogens is 2. The Hall–Kier alpha value is -0.583. The first-order chi connectivity index (χ1) is 9.38. The monoisotopic (exact) mass is 424 g/mol. The van der Waals surface area contributed by atoms with Crippen molar-refractivity contribution in [1.82, 2.24) is 29.9 Å². The number of rotatable bonds is 5. The van der Waals surface area contributed by atoms with Gasteiger partial charge in [0, 0.05) is 14.7 Å². The standard InChI is InChI=1S/C8H16BrN3OSi.C2H2BrN3/c1-14(2,3)5-4-13-7-12-6-10-11-8(12)9;3-2-4-1-5-6-2/h6H,4-5,7H2,1-3H3;1H,(H,4,5,6). The van der Waals surface area contributed by atoms with Crippen LogP contribution in [-0.2, 0) is 11.5 Å². The second kappa shape index (κ2) is 8.65. The smallest absolute Gasteiger partial charge is 0.201 e. The fourth-order valence-electron chi connectivity index (χ4n) is 1.06. The Labute approximate surface area is 135 Å². The molecule has 10 heteroatoms. The van der Waals surface area contributed by atoms with E-state index in [0.29, 0.717) is 16.2 Å². The Morgan fingerprint density at radius 2 is 2.10 bits per heavy atom. The molecule has 0 unspecified atom stereocenters. The number of hydrogen-bond donors (Lipinski definition) is 1. The molecule has 0 aromatic carbocycles. The van der Waals surface area contributed by atoms with Gasteiger partial charge in [0.2, 0.25) is 4.73 Å². The molecule has 0 radical (unpaired) electrons. The van der Waals surface area contributed by atoms with Gasteiger partial charge in [0.1, 0.15) is 19.4 Å². The van der Waals surface area contributed by atoms with Gasteiger partial charge in [0.25, 0.3) is 0 Å². The van der Waals surface area contributed by atoms with E-state index >= 15 is 0 Å². The van der Waals surface area contributed by atoms with Crippen LogP contribution in [0.2, 0.25) is 25.7 Å². The van der Waals surface area contributed by atoms with Crippen molar-refractivity contribution in [2.24, 2.45) is 0 Å². The van der Waals surface area contributed by atoms with Crippen LogP contribution in [0.5, 0.6) is 0 Å². The van der Waals surface area contributed by atoms with E-state index in [-0.39, 0.29) is 0 Å². The van der Waals surface area contributed by atoms with Gasteiger partial charge < -0.3 is 4.74 Å². The zero-order valence-corrected chi connectivity index (χ0v) is 15.8. The number of nitrogens with zero attached hydrogens (tertiary/aromatic N) is 5. The molecule has 2 heterocycles. The highest BCUT2D eigenvalue weighted by Gasteiger charge is 2.12. The molecule has 0 bridgehead atoms. The number of aromatic nitrogens is 6. The summed E-state index contributed by atoms with van der Waals surface area (Å²) in [5, 5.41) is 13.6. The van der Waals surface area contributed by atoms with Crippen LogP contribution in [0.15, 0.2) is 22.1 Å². The van der Waals surface area contributed by atoms with E-state index in [0.717, 1.165) is 6.61 Å². The first-order valence-corrected chi connectivity index (χ1v) is 11.3. The Balaban J connectivity index is 0.000000276. The maximum Gasteiger partial charge on any atom is 0.201 e. The molecule has 7 nitrogen and oxygen atoms in total. The number of nitrogens with one attached hydrogen (secondary N) is 1. The third-order valence-corrected chi connectivity index (χ3v) is 4.88. The molecule has 112 valence electrons. The summed E-state index contributed by atoms with van der Waals surface area (Å²) in [5.74, 6) is 0. The molecule has 0 spiro atoms.